The Morgan fingerprint density at radius 1 is 1.37 bits per heavy atom. The lowest BCUT2D eigenvalue weighted by Crippen LogP contribution is -1.99. The maximum Gasteiger partial charge on any atom is 0.104 e. The molecule has 1 aromatic carbocycles. The summed E-state index contributed by atoms with van der Waals surface area (Å²) in [5.41, 5.74) is 6.69. The van der Waals surface area contributed by atoms with Crippen LogP contribution in [0.2, 0.25) is 0 Å². The molecule has 0 bridgehead atoms. The van der Waals surface area contributed by atoms with E-state index in [4.69, 9.17) is 10.5 Å². The normalized spacial score (nSPS) is 10.9. The monoisotopic (exact) mass is 358 g/mol. The summed E-state index contributed by atoms with van der Waals surface area (Å²) in [6.07, 6.45) is 0. The quantitative estimate of drug-likeness (QED) is 0.797. The Labute approximate surface area is 129 Å². The number of rotatable bonds is 6. The van der Waals surface area contributed by atoms with Crippen LogP contribution in [0.1, 0.15) is 15.6 Å². The van der Waals surface area contributed by atoms with Gasteiger partial charge >= 0.3 is 0 Å². The van der Waals surface area contributed by atoms with E-state index in [0.29, 0.717) is 13.2 Å². The molecule has 1 heterocycles. The molecule has 0 fully saturated rings. The first-order chi connectivity index (χ1) is 9.22. The summed E-state index contributed by atoms with van der Waals surface area (Å²) in [5.74, 6) is 0.864. The van der Waals surface area contributed by atoms with E-state index in [2.05, 4.69) is 33.0 Å². The Hall–Kier alpha value is -0.400. The second-order valence-corrected chi connectivity index (χ2v) is 6.99. The smallest absolute Gasteiger partial charge is 0.104 e. The van der Waals surface area contributed by atoms with E-state index in [1.54, 1.807) is 30.2 Å². The lowest BCUT2D eigenvalue weighted by atomic mass is 10.4. The van der Waals surface area contributed by atoms with Crippen molar-refractivity contribution < 1.29 is 4.74 Å². The first kappa shape index (κ1) is 15.0. The fourth-order valence-electron chi connectivity index (χ4n) is 1.58. The molecular formula is C13H15BrN2OS2. The number of thiazole rings is 1. The van der Waals surface area contributed by atoms with Gasteiger partial charge in [-0.15, -0.1) is 23.1 Å². The van der Waals surface area contributed by atoms with Crippen molar-refractivity contribution in [3.05, 3.63) is 44.3 Å². The second kappa shape index (κ2) is 7.40. The van der Waals surface area contributed by atoms with Crippen molar-refractivity contribution in [1.82, 2.24) is 4.98 Å². The van der Waals surface area contributed by atoms with Gasteiger partial charge in [-0.25, -0.2) is 4.98 Å². The van der Waals surface area contributed by atoms with Gasteiger partial charge in [-0.3, -0.25) is 0 Å². The van der Waals surface area contributed by atoms with Gasteiger partial charge in [-0.1, -0.05) is 15.9 Å². The van der Waals surface area contributed by atoms with Crippen molar-refractivity contribution in [3.8, 4) is 0 Å². The summed E-state index contributed by atoms with van der Waals surface area (Å²) in [6.45, 7) is 1.06. The van der Waals surface area contributed by atoms with E-state index in [0.717, 1.165) is 25.8 Å². The third-order valence-corrected chi connectivity index (χ3v) is 5.32. The highest BCUT2D eigenvalue weighted by molar-refractivity contribution is 9.10. The number of hydrogen-bond acceptors (Lipinski definition) is 5. The molecule has 0 unspecified atom stereocenters. The molecule has 6 heteroatoms. The summed E-state index contributed by atoms with van der Waals surface area (Å²) in [4.78, 5) is 6.94. The molecule has 2 rings (SSSR count). The van der Waals surface area contributed by atoms with Gasteiger partial charge in [0.2, 0.25) is 0 Å². The molecule has 0 aliphatic heterocycles. The number of ether oxygens (including phenoxy) is 1. The molecule has 0 saturated carbocycles. The fourth-order valence-corrected chi connectivity index (χ4v) is 3.69. The molecule has 0 atom stereocenters. The zero-order chi connectivity index (χ0) is 13.7. The Balaban J connectivity index is 2.01. The molecule has 0 saturated heterocycles. The molecule has 102 valence electrons. The molecular weight excluding hydrogens is 344 g/mol. The molecule has 1 aromatic heterocycles. The van der Waals surface area contributed by atoms with Crippen molar-refractivity contribution >= 4 is 39.0 Å². The standard InChI is InChI=1S/C13H15BrN2OS2/c1-17-7-11-12(6-15)19-13(16-11)8-18-10-4-2-9(14)3-5-10/h2-5H,6-8,15H2,1H3. The average molecular weight is 359 g/mol. The number of aromatic nitrogens is 1. The van der Waals surface area contributed by atoms with E-state index in [1.807, 2.05) is 12.1 Å². The lowest BCUT2D eigenvalue weighted by molar-refractivity contribution is 0.181. The first-order valence-electron chi connectivity index (χ1n) is 5.77. The molecule has 0 aliphatic rings. The van der Waals surface area contributed by atoms with Crippen molar-refractivity contribution in [2.45, 2.75) is 23.8 Å². The van der Waals surface area contributed by atoms with Crippen LogP contribution in [0.4, 0.5) is 0 Å². The number of nitrogens with two attached hydrogens (primary N) is 1. The predicted molar refractivity (Wildman–Crippen MR) is 84.4 cm³/mol. The van der Waals surface area contributed by atoms with E-state index in [-0.39, 0.29) is 0 Å². The Morgan fingerprint density at radius 3 is 2.74 bits per heavy atom. The van der Waals surface area contributed by atoms with Crippen LogP contribution >= 0.6 is 39.0 Å². The highest BCUT2D eigenvalue weighted by Gasteiger charge is 2.10. The van der Waals surface area contributed by atoms with Crippen LogP contribution in [-0.2, 0) is 23.6 Å². The average Bonchev–Trinajstić information content (AvgIpc) is 2.81. The minimum absolute atomic E-state index is 0.527. The largest absolute Gasteiger partial charge is 0.378 e. The van der Waals surface area contributed by atoms with Crippen LogP contribution in [0.5, 0.6) is 0 Å². The summed E-state index contributed by atoms with van der Waals surface area (Å²) >= 11 is 6.89. The van der Waals surface area contributed by atoms with Crippen LogP contribution in [0.3, 0.4) is 0 Å². The van der Waals surface area contributed by atoms with E-state index >= 15 is 0 Å². The molecule has 2 aromatic rings. The van der Waals surface area contributed by atoms with Gasteiger partial charge in [0.05, 0.1) is 18.1 Å². The Bertz CT molecular complexity index is 528. The fraction of sp³-hybridized carbons (Fsp3) is 0.308. The number of methoxy groups -OCH3 is 1. The Morgan fingerprint density at radius 2 is 2.11 bits per heavy atom. The lowest BCUT2D eigenvalue weighted by Gasteiger charge is -1.99. The van der Waals surface area contributed by atoms with Gasteiger partial charge in [0, 0.05) is 27.9 Å². The van der Waals surface area contributed by atoms with E-state index < -0.39 is 0 Å². The van der Waals surface area contributed by atoms with Crippen LogP contribution < -0.4 is 5.73 Å². The summed E-state index contributed by atoms with van der Waals surface area (Å²) in [6, 6.07) is 8.29. The first-order valence-corrected chi connectivity index (χ1v) is 8.37. The molecule has 0 spiro atoms. The zero-order valence-electron chi connectivity index (χ0n) is 10.6. The Kier molecular flexibility index (Phi) is 5.84. The number of hydrogen-bond donors (Lipinski definition) is 1. The third-order valence-electron chi connectivity index (χ3n) is 2.46. The number of thioether (sulfide) groups is 1. The van der Waals surface area contributed by atoms with Gasteiger partial charge in [0.15, 0.2) is 0 Å². The van der Waals surface area contributed by atoms with Gasteiger partial charge < -0.3 is 10.5 Å². The molecule has 2 N–H and O–H groups in total. The van der Waals surface area contributed by atoms with Gasteiger partial charge in [-0.05, 0) is 24.3 Å². The maximum atomic E-state index is 5.72. The van der Waals surface area contributed by atoms with E-state index in [9.17, 15) is 0 Å². The van der Waals surface area contributed by atoms with Crippen molar-refractivity contribution in [3.63, 3.8) is 0 Å². The molecule has 0 radical (unpaired) electrons. The van der Waals surface area contributed by atoms with E-state index in [1.165, 1.54) is 4.90 Å². The van der Waals surface area contributed by atoms with Crippen LogP contribution in [-0.4, -0.2) is 12.1 Å². The molecule has 3 nitrogen and oxygen atoms in total. The minimum atomic E-state index is 0.527. The van der Waals surface area contributed by atoms with Gasteiger partial charge in [0.1, 0.15) is 5.01 Å². The molecule has 0 aliphatic carbocycles. The highest BCUT2D eigenvalue weighted by atomic mass is 79.9. The summed E-state index contributed by atoms with van der Waals surface area (Å²) in [5, 5.41) is 1.10. The zero-order valence-corrected chi connectivity index (χ0v) is 13.8. The molecule has 19 heavy (non-hydrogen) atoms. The van der Waals surface area contributed by atoms with Gasteiger partial charge in [0.25, 0.3) is 0 Å². The summed E-state index contributed by atoms with van der Waals surface area (Å²) in [7, 11) is 1.68. The number of benzene rings is 1. The van der Waals surface area contributed by atoms with Crippen molar-refractivity contribution in [1.29, 1.82) is 0 Å². The SMILES string of the molecule is COCc1nc(CSc2ccc(Br)cc2)sc1CN. The minimum Gasteiger partial charge on any atom is -0.378 e. The molecule has 0 amide bonds. The topological polar surface area (TPSA) is 48.1 Å². The van der Waals surface area contributed by atoms with Crippen molar-refractivity contribution in [2.75, 3.05) is 7.11 Å². The number of halogens is 1. The van der Waals surface area contributed by atoms with Gasteiger partial charge in [-0.2, -0.15) is 0 Å². The third kappa shape index (κ3) is 4.29. The predicted octanol–water partition coefficient (Wildman–Crippen LogP) is 3.80. The second-order valence-electron chi connectivity index (χ2n) is 3.86. The highest BCUT2D eigenvalue weighted by Crippen LogP contribution is 2.28. The van der Waals surface area contributed by atoms with Crippen molar-refractivity contribution in [2.24, 2.45) is 5.73 Å². The van der Waals surface area contributed by atoms with Crippen LogP contribution in [0.15, 0.2) is 33.6 Å². The maximum absolute atomic E-state index is 5.72. The van der Waals surface area contributed by atoms with Crippen LogP contribution in [0, 0.1) is 0 Å². The van der Waals surface area contributed by atoms with Crippen LogP contribution in [0.25, 0.3) is 0 Å². The summed E-state index contributed by atoms with van der Waals surface area (Å²) < 4.78 is 6.23. The number of nitrogens with zero attached hydrogens (tertiary/aromatic N) is 1.